The van der Waals surface area contributed by atoms with E-state index in [0.29, 0.717) is 5.11 Å². The first-order valence-electron chi connectivity index (χ1n) is 7.87. The van der Waals surface area contributed by atoms with Crippen LogP contribution in [0.4, 0.5) is 5.82 Å². The molecule has 4 heteroatoms. The number of rotatable bonds is 3. The maximum atomic E-state index is 5.38. The molecular formula is C19H25N3S. The number of thiocarbonyl (C=S) groups is 1. The van der Waals surface area contributed by atoms with Gasteiger partial charge >= 0.3 is 0 Å². The molecular weight excluding hydrogens is 302 g/mol. The highest BCUT2D eigenvalue weighted by Crippen LogP contribution is 2.23. The van der Waals surface area contributed by atoms with E-state index in [-0.39, 0.29) is 11.5 Å². The Kier molecular flexibility index (Phi) is 5.37. The Morgan fingerprint density at radius 1 is 1.09 bits per heavy atom. The summed E-state index contributed by atoms with van der Waals surface area (Å²) < 4.78 is 0. The second kappa shape index (κ2) is 7.09. The van der Waals surface area contributed by atoms with Gasteiger partial charge in [0.15, 0.2) is 5.11 Å². The molecule has 0 aliphatic heterocycles. The summed E-state index contributed by atoms with van der Waals surface area (Å²) >= 11 is 5.38. The molecule has 0 saturated heterocycles. The second-order valence-electron chi connectivity index (χ2n) is 6.86. The number of aryl methyl sites for hydroxylation is 1. The molecule has 1 unspecified atom stereocenters. The fourth-order valence-electron chi connectivity index (χ4n) is 2.32. The molecule has 0 aliphatic carbocycles. The molecule has 1 aromatic carbocycles. The summed E-state index contributed by atoms with van der Waals surface area (Å²) in [5, 5.41) is 7.01. The van der Waals surface area contributed by atoms with Gasteiger partial charge < -0.3 is 10.6 Å². The normalized spacial score (nSPS) is 12.6. The Balaban J connectivity index is 1.98. The summed E-state index contributed by atoms with van der Waals surface area (Å²) in [7, 11) is 0. The van der Waals surface area contributed by atoms with E-state index in [2.05, 4.69) is 67.6 Å². The van der Waals surface area contributed by atoms with Crippen LogP contribution in [0.25, 0.3) is 0 Å². The maximum Gasteiger partial charge on any atom is 0.172 e. The summed E-state index contributed by atoms with van der Waals surface area (Å²) in [5.74, 6) is 0.762. The average molecular weight is 327 g/mol. The van der Waals surface area contributed by atoms with Gasteiger partial charge in [0.2, 0.25) is 0 Å². The van der Waals surface area contributed by atoms with Gasteiger partial charge in [0.1, 0.15) is 5.82 Å². The molecule has 1 atom stereocenters. The van der Waals surface area contributed by atoms with Gasteiger partial charge in [0.25, 0.3) is 0 Å². The quantitative estimate of drug-likeness (QED) is 0.799. The predicted octanol–water partition coefficient (Wildman–Crippen LogP) is 4.74. The molecule has 2 N–H and O–H groups in total. The Hall–Kier alpha value is -1.94. The molecule has 3 nitrogen and oxygen atoms in total. The van der Waals surface area contributed by atoms with Gasteiger partial charge in [-0.05, 0) is 54.7 Å². The number of benzene rings is 1. The van der Waals surface area contributed by atoms with Crippen molar-refractivity contribution in [3.8, 4) is 0 Å². The molecule has 0 saturated carbocycles. The molecule has 23 heavy (non-hydrogen) atoms. The van der Waals surface area contributed by atoms with E-state index < -0.39 is 0 Å². The summed E-state index contributed by atoms with van der Waals surface area (Å²) in [5.41, 5.74) is 3.67. The topological polar surface area (TPSA) is 37.0 Å². The number of hydrogen-bond donors (Lipinski definition) is 2. The lowest BCUT2D eigenvalue weighted by molar-refractivity contribution is 0.589. The van der Waals surface area contributed by atoms with Crippen molar-refractivity contribution in [3.05, 3.63) is 59.3 Å². The monoisotopic (exact) mass is 327 g/mol. The summed E-state index contributed by atoms with van der Waals surface area (Å²) in [6.45, 7) is 10.7. The highest BCUT2D eigenvalue weighted by molar-refractivity contribution is 7.80. The van der Waals surface area contributed by atoms with Crippen molar-refractivity contribution in [2.45, 2.75) is 46.1 Å². The first-order chi connectivity index (χ1) is 10.8. The number of anilines is 1. The van der Waals surface area contributed by atoms with Crippen LogP contribution in [0.1, 0.15) is 50.6 Å². The first-order valence-corrected chi connectivity index (χ1v) is 8.28. The maximum absolute atomic E-state index is 5.38. The zero-order valence-corrected chi connectivity index (χ0v) is 15.3. The third-order valence-corrected chi connectivity index (χ3v) is 3.97. The molecule has 0 amide bonds. The fraction of sp³-hybridized carbons (Fsp3) is 0.368. The second-order valence-corrected chi connectivity index (χ2v) is 7.26. The van der Waals surface area contributed by atoms with Crippen molar-refractivity contribution in [2.75, 3.05) is 5.32 Å². The van der Waals surface area contributed by atoms with Crippen molar-refractivity contribution in [3.63, 3.8) is 0 Å². The molecule has 0 fully saturated rings. The lowest BCUT2D eigenvalue weighted by Crippen LogP contribution is -2.31. The largest absolute Gasteiger partial charge is 0.356 e. The first kappa shape index (κ1) is 17.4. The SMILES string of the molecule is Cc1cccc(NC(=S)NC(C)c2ccc(C(C)(C)C)cc2)n1. The van der Waals surface area contributed by atoms with Crippen molar-refractivity contribution >= 4 is 23.1 Å². The van der Waals surface area contributed by atoms with E-state index >= 15 is 0 Å². The minimum Gasteiger partial charge on any atom is -0.356 e. The molecule has 1 heterocycles. The van der Waals surface area contributed by atoms with Crippen LogP contribution in [-0.4, -0.2) is 10.1 Å². The lowest BCUT2D eigenvalue weighted by Gasteiger charge is -2.21. The van der Waals surface area contributed by atoms with E-state index in [9.17, 15) is 0 Å². The molecule has 2 rings (SSSR count). The summed E-state index contributed by atoms with van der Waals surface area (Å²) in [4.78, 5) is 4.39. The highest BCUT2D eigenvalue weighted by atomic mass is 32.1. The molecule has 0 bridgehead atoms. The molecule has 0 radical (unpaired) electrons. The number of nitrogens with one attached hydrogen (secondary N) is 2. The standard InChI is InChI=1S/C19H25N3S/c1-13-7-6-8-17(20-13)22-18(23)21-14(2)15-9-11-16(12-10-15)19(3,4)5/h6-12,14H,1-5H3,(H2,20,21,22,23). The van der Waals surface area contributed by atoms with Crippen LogP contribution in [0.5, 0.6) is 0 Å². The lowest BCUT2D eigenvalue weighted by atomic mass is 9.86. The summed E-state index contributed by atoms with van der Waals surface area (Å²) in [6.07, 6.45) is 0. The van der Waals surface area contributed by atoms with Crippen LogP contribution in [-0.2, 0) is 5.41 Å². The van der Waals surface area contributed by atoms with E-state index in [1.165, 1.54) is 11.1 Å². The van der Waals surface area contributed by atoms with Gasteiger partial charge in [-0.2, -0.15) is 0 Å². The third kappa shape index (κ3) is 5.03. The van der Waals surface area contributed by atoms with Crippen LogP contribution in [0.3, 0.4) is 0 Å². The van der Waals surface area contributed by atoms with Gasteiger partial charge in [0, 0.05) is 5.69 Å². The highest BCUT2D eigenvalue weighted by Gasteiger charge is 2.14. The molecule has 0 spiro atoms. The van der Waals surface area contributed by atoms with Crippen molar-refractivity contribution in [1.82, 2.24) is 10.3 Å². The van der Waals surface area contributed by atoms with Crippen molar-refractivity contribution in [1.29, 1.82) is 0 Å². The van der Waals surface area contributed by atoms with Gasteiger partial charge in [-0.3, -0.25) is 0 Å². The fourth-order valence-corrected chi connectivity index (χ4v) is 2.60. The van der Waals surface area contributed by atoms with E-state index in [1.807, 2.05) is 25.1 Å². The molecule has 122 valence electrons. The predicted molar refractivity (Wildman–Crippen MR) is 102 cm³/mol. The van der Waals surface area contributed by atoms with Crippen molar-refractivity contribution in [2.24, 2.45) is 0 Å². The Morgan fingerprint density at radius 2 is 1.74 bits per heavy atom. The van der Waals surface area contributed by atoms with Crippen LogP contribution in [0.2, 0.25) is 0 Å². The van der Waals surface area contributed by atoms with Crippen LogP contribution in [0, 0.1) is 6.92 Å². The van der Waals surface area contributed by atoms with Gasteiger partial charge in [-0.1, -0.05) is 51.1 Å². The van der Waals surface area contributed by atoms with Gasteiger partial charge in [0.05, 0.1) is 6.04 Å². The van der Waals surface area contributed by atoms with Gasteiger partial charge in [-0.25, -0.2) is 4.98 Å². The molecule has 1 aromatic heterocycles. The molecule has 0 aliphatic rings. The Bertz CT molecular complexity index is 672. The average Bonchev–Trinajstić information content (AvgIpc) is 2.46. The van der Waals surface area contributed by atoms with Crippen molar-refractivity contribution < 1.29 is 0 Å². The minimum atomic E-state index is 0.133. The van der Waals surface area contributed by atoms with E-state index in [1.54, 1.807) is 0 Å². The van der Waals surface area contributed by atoms with E-state index in [4.69, 9.17) is 12.2 Å². The zero-order chi connectivity index (χ0) is 17.0. The smallest absolute Gasteiger partial charge is 0.172 e. The zero-order valence-electron chi connectivity index (χ0n) is 14.5. The summed E-state index contributed by atoms with van der Waals surface area (Å²) in [6, 6.07) is 14.6. The van der Waals surface area contributed by atoms with E-state index in [0.717, 1.165) is 11.5 Å². The Labute approximate surface area is 144 Å². The Morgan fingerprint density at radius 3 is 2.30 bits per heavy atom. The number of pyridine rings is 1. The van der Waals surface area contributed by atoms with Gasteiger partial charge in [-0.15, -0.1) is 0 Å². The number of nitrogens with zero attached hydrogens (tertiary/aromatic N) is 1. The number of hydrogen-bond acceptors (Lipinski definition) is 2. The number of aromatic nitrogens is 1. The van der Waals surface area contributed by atoms with Crippen LogP contribution < -0.4 is 10.6 Å². The third-order valence-electron chi connectivity index (χ3n) is 3.75. The van der Waals surface area contributed by atoms with Crippen LogP contribution >= 0.6 is 12.2 Å². The molecule has 2 aromatic rings. The van der Waals surface area contributed by atoms with Crippen LogP contribution in [0.15, 0.2) is 42.5 Å². The minimum absolute atomic E-state index is 0.133.